The van der Waals surface area contributed by atoms with Gasteiger partial charge in [0.05, 0.1) is 22.6 Å². The fourth-order valence-corrected chi connectivity index (χ4v) is 5.21. The summed E-state index contributed by atoms with van der Waals surface area (Å²) in [7, 11) is -2.29. The number of anilines is 2. The summed E-state index contributed by atoms with van der Waals surface area (Å²) in [6.45, 7) is 2.21. The largest absolute Gasteiger partial charge is 0.494 e. The predicted molar refractivity (Wildman–Crippen MR) is 118 cm³/mol. The number of ether oxygens (including phenoxy) is 1. The molecule has 162 valence electrons. The zero-order valence-corrected chi connectivity index (χ0v) is 18.4. The maximum Gasteiger partial charge on any atom is 0.264 e. The second kappa shape index (κ2) is 8.16. The number of sulfonamides is 1. The first-order chi connectivity index (χ1) is 14.8. The van der Waals surface area contributed by atoms with E-state index in [4.69, 9.17) is 4.74 Å². The van der Waals surface area contributed by atoms with E-state index in [2.05, 4.69) is 10.3 Å². The summed E-state index contributed by atoms with van der Waals surface area (Å²) in [6.07, 6.45) is 0. The number of hydrogen-bond acceptors (Lipinski definition) is 8. The molecule has 0 spiro atoms. The van der Waals surface area contributed by atoms with E-state index in [1.807, 2.05) is 27.8 Å². The number of rotatable bonds is 6. The van der Waals surface area contributed by atoms with Gasteiger partial charge in [0.25, 0.3) is 10.0 Å². The highest BCUT2D eigenvalue weighted by Gasteiger charge is 2.34. The summed E-state index contributed by atoms with van der Waals surface area (Å²) in [5, 5.41) is 3.64. The van der Waals surface area contributed by atoms with Crippen LogP contribution in [0.1, 0.15) is 6.92 Å². The van der Waals surface area contributed by atoms with Crippen molar-refractivity contribution in [3.63, 3.8) is 0 Å². The molecule has 1 fully saturated rings. The van der Waals surface area contributed by atoms with Crippen LogP contribution < -0.4 is 19.7 Å². The molecule has 0 aliphatic carbocycles. The molecule has 9 nitrogen and oxygen atoms in total. The highest BCUT2D eigenvalue weighted by Crippen LogP contribution is 2.36. The standard InChI is InChI=1S/C20H20N4O5S2/c1-12(25)23-31(27,28)15-8-6-14(7-9-15)21-19(26)13-10-24(11-13)20-22-18-16(29-2)4-3-5-17(18)30-20/h3-9,13H,10-11H2,1-2H3,(H,21,26)(H,23,25). The van der Waals surface area contributed by atoms with Crippen molar-refractivity contribution in [1.82, 2.24) is 9.71 Å². The van der Waals surface area contributed by atoms with Crippen molar-refractivity contribution >= 4 is 54.2 Å². The Bertz CT molecular complexity index is 1250. The minimum absolute atomic E-state index is 0.0539. The van der Waals surface area contributed by atoms with Crippen molar-refractivity contribution < 1.29 is 22.7 Å². The molecular formula is C20H20N4O5S2. The van der Waals surface area contributed by atoms with Crippen molar-refractivity contribution in [1.29, 1.82) is 0 Å². The number of aromatic nitrogens is 1. The van der Waals surface area contributed by atoms with Crippen molar-refractivity contribution in [2.75, 3.05) is 30.4 Å². The molecule has 0 atom stereocenters. The molecule has 2 N–H and O–H groups in total. The molecule has 31 heavy (non-hydrogen) atoms. The molecule has 0 radical (unpaired) electrons. The Labute approximate surface area is 183 Å². The van der Waals surface area contributed by atoms with E-state index in [1.165, 1.54) is 24.3 Å². The van der Waals surface area contributed by atoms with Gasteiger partial charge >= 0.3 is 0 Å². The van der Waals surface area contributed by atoms with Crippen LogP contribution in [0, 0.1) is 5.92 Å². The van der Waals surface area contributed by atoms with Crippen molar-refractivity contribution in [2.24, 2.45) is 5.92 Å². The number of thiazole rings is 1. The van der Waals surface area contributed by atoms with E-state index < -0.39 is 15.9 Å². The lowest BCUT2D eigenvalue weighted by Gasteiger charge is -2.37. The molecule has 11 heteroatoms. The van der Waals surface area contributed by atoms with E-state index in [-0.39, 0.29) is 16.7 Å². The molecule has 2 amide bonds. The minimum atomic E-state index is -3.90. The molecule has 2 heterocycles. The van der Waals surface area contributed by atoms with Crippen molar-refractivity contribution in [2.45, 2.75) is 11.8 Å². The third-order valence-electron chi connectivity index (χ3n) is 4.82. The van der Waals surface area contributed by atoms with E-state index in [0.29, 0.717) is 18.8 Å². The number of hydrogen-bond donors (Lipinski definition) is 2. The fraction of sp³-hybridized carbons (Fsp3) is 0.250. The van der Waals surface area contributed by atoms with Crippen LogP contribution in [-0.4, -0.2) is 45.4 Å². The molecule has 1 aromatic heterocycles. The Morgan fingerprint density at radius 2 is 1.87 bits per heavy atom. The van der Waals surface area contributed by atoms with Crippen LogP contribution in [0.4, 0.5) is 10.8 Å². The number of para-hydroxylation sites is 1. The Morgan fingerprint density at radius 3 is 2.52 bits per heavy atom. The zero-order valence-electron chi connectivity index (χ0n) is 16.8. The topological polar surface area (TPSA) is 118 Å². The molecule has 0 bridgehead atoms. The fourth-order valence-electron chi connectivity index (χ4n) is 3.22. The van der Waals surface area contributed by atoms with Crippen LogP contribution >= 0.6 is 11.3 Å². The SMILES string of the molecule is COc1cccc2sc(N3CC(C(=O)Nc4ccc(S(=O)(=O)NC(C)=O)cc4)C3)nc12. The zero-order chi connectivity index (χ0) is 22.2. The second-order valence-corrected chi connectivity index (χ2v) is 9.77. The summed E-state index contributed by atoms with van der Waals surface area (Å²) in [4.78, 5) is 30.2. The van der Waals surface area contributed by atoms with Gasteiger partial charge in [-0.2, -0.15) is 0 Å². The Balaban J connectivity index is 1.36. The summed E-state index contributed by atoms with van der Waals surface area (Å²) >= 11 is 1.55. The highest BCUT2D eigenvalue weighted by atomic mass is 32.2. The predicted octanol–water partition coefficient (Wildman–Crippen LogP) is 2.20. The van der Waals surface area contributed by atoms with Gasteiger partial charge < -0.3 is 15.0 Å². The quantitative estimate of drug-likeness (QED) is 0.579. The normalized spacial score (nSPS) is 14.2. The molecule has 0 saturated carbocycles. The summed E-state index contributed by atoms with van der Waals surface area (Å²) in [5.41, 5.74) is 1.29. The molecule has 3 aromatic rings. The maximum atomic E-state index is 12.5. The number of nitrogens with one attached hydrogen (secondary N) is 2. The number of carbonyl (C=O) groups is 2. The van der Waals surface area contributed by atoms with Gasteiger partial charge in [0.15, 0.2) is 5.13 Å². The van der Waals surface area contributed by atoms with Crippen LogP contribution in [-0.2, 0) is 19.6 Å². The monoisotopic (exact) mass is 460 g/mol. The first-order valence-corrected chi connectivity index (χ1v) is 11.7. The minimum Gasteiger partial charge on any atom is -0.494 e. The smallest absolute Gasteiger partial charge is 0.264 e. The third kappa shape index (κ3) is 4.32. The van der Waals surface area contributed by atoms with Gasteiger partial charge in [0.1, 0.15) is 11.3 Å². The lowest BCUT2D eigenvalue weighted by atomic mass is 10.00. The number of carbonyl (C=O) groups excluding carboxylic acids is 2. The van der Waals surface area contributed by atoms with Gasteiger partial charge in [-0.05, 0) is 36.4 Å². The van der Waals surface area contributed by atoms with Gasteiger partial charge in [0, 0.05) is 25.7 Å². The van der Waals surface area contributed by atoms with E-state index >= 15 is 0 Å². The van der Waals surface area contributed by atoms with Gasteiger partial charge in [-0.15, -0.1) is 0 Å². The average molecular weight is 461 g/mol. The third-order valence-corrected chi connectivity index (χ3v) is 7.35. The number of amides is 2. The van der Waals surface area contributed by atoms with E-state index in [9.17, 15) is 18.0 Å². The molecule has 0 unspecified atom stereocenters. The lowest BCUT2D eigenvalue weighted by molar-refractivity contribution is -0.120. The first-order valence-electron chi connectivity index (χ1n) is 9.39. The van der Waals surface area contributed by atoms with Crippen molar-refractivity contribution in [3.05, 3.63) is 42.5 Å². The van der Waals surface area contributed by atoms with Gasteiger partial charge in [-0.3, -0.25) is 9.59 Å². The molecular weight excluding hydrogens is 440 g/mol. The van der Waals surface area contributed by atoms with Crippen LogP contribution in [0.15, 0.2) is 47.4 Å². The van der Waals surface area contributed by atoms with Crippen LogP contribution in [0.5, 0.6) is 5.75 Å². The Hall–Kier alpha value is -3.18. The summed E-state index contributed by atoms with van der Waals surface area (Å²) in [5.74, 6) is -0.290. The van der Waals surface area contributed by atoms with E-state index in [1.54, 1.807) is 18.4 Å². The number of methoxy groups -OCH3 is 1. The van der Waals surface area contributed by atoms with Gasteiger partial charge in [-0.25, -0.2) is 18.1 Å². The van der Waals surface area contributed by atoms with Gasteiger partial charge in [0.2, 0.25) is 11.8 Å². The summed E-state index contributed by atoms with van der Waals surface area (Å²) < 4.78 is 32.2. The van der Waals surface area contributed by atoms with Crippen molar-refractivity contribution in [3.8, 4) is 5.75 Å². The van der Waals surface area contributed by atoms with Gasteiger partial charge in [-0.1, -0.05) is 17.4 Å². The molecule has 1 aliphatic rings. The van der Waals surface area contributed by atoms with Crippen LogP contribution in [0.3, 0.4) is 0 Å². The Morgan fingerprint density at radius 1 is 1.16 bits per heavy atom. The van der Waals surface area contributed by atoms with Crippen LogP contribution in [0.25, 0.3) is 10.2 Å². The first kappa shape index (κ1) is 21.1. The summed E-state index contributed by atoms with van der Waals surface area (Å²) in [6, 6.07) is 11.4. The lowest BCUT2D eigenvalue weighted by Crippen LogP contribution is -2.52. The molecule has 2 aromatic carbocycles. The molecule has 1 aliphatic heterocycles. The number of fused-ring (bicyclic) bond motifs is 1. The molecule has 1 saturated heterocycles. The molecule has 4 rings (SSSR count). The highest BCUT2D eigenvalue weighted by molar-refractivity contribution is 7.90. The second-order valence-electron chi connectivity index (χ2n) is 7.08. The van der Waals surface area contributed by atoms with E-state index in [0.717, 1.165) is 28.0 Å². The average Bonchev–Trinajstić information content (AvgIpc) is 3.09. The van der Waals surface area contributed by atoms with Crippen LogP contribution in [0.2, 0.25) is 0 Å². The Kier molecular flexibility index (Phi) is 5.54. The maximum absolute atomic E-state index is 12.5. The number of benzene rings is 2. The number of nitrogens with zero attached hydrogens (tertiary/aromatic N) is 2.